The van der Waals surface area contributed by atoms with Gasteiger partial charge in [0.15, 0.2) is 0 Å². The summed E-state index contributed by atoms with van der Waals surface area (Å²) in [7, 11) is 0. The van der Waals surface area contributed by atoms with Gasteiger partial charge in [0.2, 0.25) is 0 Å². The molecule has 1 aromatic heterocycles. The molecule has 0 saturated carbocycles. The van der Waals surface area contributed by atoms with Crippen LogP contribution >= 0.6 is 15.9 Å². The van der Waals surface area contributed by atoms with E-state index in [1.165, 1.54) is 6.20 Å². The number of anilines is 2. The summed E-state index contributed by atoms with van der Waals surface area (Å²) in [6.07, 6.45) is 1.52. The van der Waals surface area contributed by atoms with E-state index in [0.29, 0.717) is 17.1 Å². The van der Waals surface area contributed by atoms with Gasteiger partial charge < -0.3 is 10.7 Å². The Hall–Kier alpha value is -1.92. The topological polar surface area (TPSA) is 80.0 Å². The number of nitrogens with one attached hydrogen (secondary N) is 2. The number of nitrogens with two attached hydrogens (primary N) is 1. The third-order valence-corrected chi connectivity index (χ3v) is 3.22. The molecule has 4 N–H and O–H groups in total. The van der Waals surface area contributed by atoms with Crippen LogP contribution in [-0.4, -0.2) is 10.9 Å². The van der Waals surface area contributed by atoms with Gasteiger partial charge in [-0.15, -0.1) is 0 Å². The van der Waals surface area contributed by atoms with Crippen molar-refractivity contribution < 1.29 is 4.79 Å². The van der Waals surface area contributed by atoms with Crippen LogP contribution in [0.3, 0.4) is 0 Å². The minimum Gasteiger partial charge on any atom is -0.324 e. The Morgan fingerprint density at radius 2 is 2.11 bits per heavy atom. The summed E-state index contributed by atoms with van der Waals surface area (Å²) in [5, 5.41) is 2.80. The molecule has 5 nitrogen and oxygen atoms in total. The Bertz CT molecular complexity index is 615. The van der Waals surface area contributed by atoms with Crippen molar-refractivity contribution in [2.24, 2.45) is 5.84 Å². The SMILES string of the molecule is Cc1ccc(Br)c(NC(=O)c2cc(NN)ccn2)c1. The van der Waals surface area contributed by atoms with Crippen LogP contribution in [0.4, 0.5) is 11.4 Å². The molecular weight excluding hydrogens is 308 g/mol. The highest BCUT2D eigenvalue weighted by Crippen LogP contribution is 2.23. The predicted molar refractivity (Wildman–Crippen MR) is 78.9 cm³/mol. The van der Waals surface area contributed by atoms with Crippen LogP contribution < -0.4 is 16.6 Å². The summed E-state index contributed by atoms with van der Waals surface area (Å²) in [5.74, 6) is 5.01. The second-order valence-corrected chi connectivity index (χ2v) is 4.87. The molecule has 19 heavy (non-hydrogen) atoms. The Labute approximate surface area is 119 Å². The smallest absolute Gasteiger partial charge is 0.274 e. The number of aryl methyl sites for hydroxylation is 1. The number of hydrogen-bond donors (Lipinski definition) is 3. The molecule has 98 valence electrons. The largest absolute Gasteiger partial charge is 0.324 e. The number of benzene rings is 1. The van der Waals surface area contributed by atoms with E-state index in [1.807, 2.05) is 25.1 Å². The monoisotopic (exact) mass is 320 g/mol. The van der Waals surface area contributed by atoms with E-state index in [1.54, 1.807) is 12.1 Å². The van der Waals surface area contributed by atoms with Crippen molar-refractivity contribution in [2.75, 3.05) is 10.7 Å². The molecule has 1 heterocycles. The highest BCUT2D eigenvalue weighted by atomic mass is 79.9. The number of hydrazine groups is 1. The summed E-state index contributed by atoms with van der Waals surface area (Å²) in [4.78, 5) is 16.1. The van der Waals surface area contributed by atoms with Gasteiger partial charge in [0.1, 0.15) is 5.69 Å². The highest BCUT2D eigenvalue weighted by Gasteiger charge is 2.10. The summed E-state index contributed by atoms with van der Waals surface area (Å²) in [6, 6.07) is 8.98. The molecule has 1 aromatic carbocycles. The van der Waals surface area contributed by atoms with E-state index in [-0.39, 0.29) is 5.91 Å². The Morgan fingerprint density at radius 1 is 1.32 bits per heavy atom. The number of nitrogens with zero attached hydrogens (tertiary/aromatic N) is 1. The zero-order valence-corrected chi connectivity index (χ0v) is 11.9. The zero-order chi connectivity index (χ0) is 13.8. The molecule has 1 amide bonds. The van der Waals surface area contributed by atoms with Crippen LogP contribution in [0, 0.1) is 6.92 Å². The number of hydrogen-bond acceptors (Lipinski definition) is 4. The van der Waals surface area contributed by atoms with Crippen molar-refractivity contribution in [2.45, 2.75) is 6.92 Å². The number of nitrogen functional groups attached to an aromatic ring is 1. The molecule has 6 heteroatoms. The Kier molecular flexibility index (Phi) is 4.13. The van der Waals surface area contributed by atoms with E-state index >= 15 is 0 Å². The fraction of sp³-hybridized carbons (Fsp3) is 0.0769. The lowest BCUT2D eigenvalue weighted by Crippen LogP contribution is -2.15. The van der Waals surface area contributed by atoms with Crippen LogP contribution in [0.5, 0.6) is 0 Å². The summed E-state index contributed by atoms with van der Waals surface area (Å²) >= 11 is 3.39. The highest BCUT2D eigenvalue weighted by molar-refractivity contribution is 9.10. The minimum atomic E-state index is -0.289. The lowest BCUT2D eigenvalue weighted by Gasteiger charge is -2.08. The van der Waals surface area contributed by atoms with E-state index in [0.717, 1.165) is 10.0 Å². The van der Waals surface area contributed by atoms with Crippen LogP contribution in [-0.2, 0) is 0 Å². The van der Waals surface area contributed by atoms with Crippen molar-refractivity contribution >= 4 is 33.2 Å². The molecule has 0 atom stereocenters. The van der Waals surface area contributed by atoms with Gasteiger partial charge in [0, 0.05) is 10.7 Å². The summed E-state index contributed by atoms with van der Waals surface area (Å²) < 4.78 is 0.819. The standard InChI is InChI=1S/C13H13BrN4O/c1-8-2-3-10(14)11(6-8)17-13(19)12-7-9(18-15)4-5-16-12/h2-7H,15H2,1H3,(H,16,18)(H,17,19). The number of halogens is 1. The van der Waals surface area contributed by atoms with Gasteiger partial charge in [-0.3, -0.25) is 15.6 Å². The second-order valence-electron chi connectivity index (χ2n) is 4.01. The van der Waals surface area contributed by atoms with Gasteiger partial charge in [-0.1, -0.05) is 6.07 Å². The molecule has 2 aromatic rings. The molecule has 0 aliphatic heterocycles. The van der Waals surface area contributed by atoms with Gasteiger partial charge in [0.25, 0.3) is 5.91 Å². The number of aromatic nitrogens is 1. The number of carbonyl (C=O) groups excluding carboxylic acids is 1. The minimum absolute atomic E-state index is 0.289. The first-order valence-electron chi connectivity index (χ1n) is 5.60. The second kappa shape index (κ2) is 5.81. The Morgan fingerprint density at radius 3 is 2.84 bits per heavy atom. The lowest BCUT2D eigenvalue weighted by molar-refractivity contribution is 0.102. The molecule has 0 spiro atoms. The number of rotatable bonds is 3. The van der Waals surface area contributed by atoms with Gasteiger partial charge in [-0.25, -0.2) is 0 Å². The van der Waals surface area contributed by atoms with Crippen molar-refractivity contribution in [3.8, 4) is 0 Å². The summed E-state index contributed by atoms with van der Waals surface area (Å²) in [5.41, 5.74) is 5.17. The molecule has 0 radical (unpaired) electrons. The maximum absolute atomic E-state index is 12.1. The lowest BCUT2D eigenvalue weighted by atomic mass is 10.2. The predicted octanol–water partition coefficient (Wildman–Crippen LogP) is 2.69. The van der Waals surface area contributed by atoms with Crippen LogP contribution in [0.25, 0.3) is 0 Å². The zero-order valence-electron chi connectivity index (χ0n) is 10.3. The number of carbonyl (C=O) groups is 1. The third-order valence-electron chi connectivity index (χ3n) is 2.53. The average Bonchev–Trinajstić information content (AvgIpc) is 2.43. The van der Waals surface area contributed by atoms with E-state index in [2.05, 4.69) is 31.7 Å². The molecule has 2 rings (SSSR count). The van der Waals surface area contributed by atoms with Gasteiger partial charge >= 0.3 is 0 Å². The first-order valence-corrected chi connectivity index (χ1v) is 6.39. The van der Waals surface area contributed by atoms with Crippen LogP contribution in [0.2, 0.25) is 0 Å². The molecular formula is C13H13BrN4O. The fourth-order valence-electron chi connectivity index (χ4n) is 1.57. The van der Waals surface area contributed by atoms with Crippen molar-refractivity contribution in [3.63, 3.8) is 0 Å². The van der Waals surface area contributed by atoms with E-state index in [9.17, 15) is 4.79 Å². The van der Waals surface area contributed by atoms with E-state index < -0.39 is 0 Å². The summed E-state index contributed by atoms with van der Waals surface area (Å²) in [6.45, 7) is 1.96. The molecule has 0 unspecified atom stereocenters. The average molecular weight is 321 g/mol. The van der Waals surface area contributed by atoms with Crippen molar-refractivity contribution in [1.29, 1.82) is 0 Å². The molecule has 0 fully saturated rings. The quantitative estimate of drug-likeness (QED) is 0.600. The van der Waals surface area contributed by atoms with Crippen LogP contribution in [0.15, 0.2) is 41.0 Å². The Balaban J connectivity index is 2.22. The molecule has 0 aliphatic rings. The normalized spacial score (nSPS) is 10.1. The molecule has 0 aliphatic carbocycles. The van der Waals surface area contributed by atoms with Crippen LogP contribution in [0.1, 0.15) is 16.1 Å². The number of pyridine rings is 1. The van der Waals surface area contributed by atoms with Gasteiger partial charge in [-0.2, -0.15) is 0 Å². The van der Waals surface area contributed by atoms with E-state index in [4.69, 9.17) is 5.84 Å². The van der Waals surface area contributed by atoms with Gasteiger partial charge in [0.05, 0.1) is 11.4 Å². The number of amides is 1. The van der Waals surface area contributed by atoms with Gasteiger partial charge in [-0.05, 0) is 52.7 Å². The maximum Gasteiger partial charge on any atom is 0.274 e. The van der Waals surface area contributed by atoms with Crippen molar-refractivity contribution in [3.05, 3.63) is 52.3 Å². The van der Waals surface area contributed by atoms with Crippen molar-refractivity contribution in [1.82, 2.24) is 4.98 Å². The first-order chi connectivity index (χ1) is 9.10. The maximum atomic E-state index is 12.1. The molecule has 0 bridgehead atoms. The molecule has 0 saturated heterocycles. The fourth-order valence-corrected chi connectivity index (χ4v) is 1.91. The third kappa shape index (κ3) is 3.30. The first kappa shape index (κ1) is 13.5.